The van der Waals surface area contributed by atoms with Crippen molar-refractivity contribution < 1.29 is 19.4 Å². The average Bonchev–Trinajstić information content (AvgIpc) is 3.44. The van der Waals surface area contributed by atoms with Crippen molar-refractivity contribution in [3.63, 3.8) is 0 Å². The number of nitrogens with zero attached hydrogens (tertiary/aromatic N) is 3. The molecule has 0 unspecified atom stereocenters. The van der Waals surface area contributed by atoms with E-state index in [2.05, 4.69) is 10.3 Å². The standard InChI is InChI=1S/C23H22N4O4/c1-26-10-8-24-20(26)19-23(17-5-3-4-6-18(17)25-22(23)30)7-9-27(19)21(29)14-11-15(28)13-16(12-14)31-2/h3-6,8,10-13,19,28H,7,9H2,1-2H3,(H,25,30)/t19-,23+/m0/s1. The topological polar surface area (TPSA) is 96.7 Å². The van der Waals surface area contributed by atoms with Crippen molar-refractivity contribution in [1.29, 1.82) is 0 Å². The number of aromatic nitrogens is 2. The van der Waals surface area contributed by atoms with Crippen molar-refractivity contribution in [3.05, 3.63) is 71.8 Å². The van der Waals surface area contributed by atoms with Crippen LogP contribution in [-0.2, 0) is 17.3 Å². The number of nitrogens with one attached hydrogen (secondary N) is 1. The molecule has 2 aromatic carbocycles. The number of carbonyl (C=O) groups is 2. The van der Waals surface area contributed by atoms with Crippen LogP contribution < -0.4 is 10.1 Å². The number of phenolic OH excluding ortho intramolecular Hbond substituents is 1. The molecule has 1 aromatic heterocycles. The van der Waals surface area contributed by atoms with Gasteiger partial charge < -0.3 is 24.6 Å². The van der Waals surface area contributed by atoms with E-state index in [-0.39, 0.29) is 17.6 Å². The van der Waals surface area contributed by atoms with E-state index in [1.54, 1.807) is 23.4 Å². The molecule has 0 radical (unpaired) electrons. The van der Waals surface area contributed by atoms with Crippen LogP contribution in [0.5, 0.6) is 11.5 Å². The molecule has 3 heterocycles. The van der Waals surface area contributed by atoms with Crippen LogP contribution in [-0.4, -0.2) is 45.0 Å². The molecule has 2 amide bonds. The van der Waals surface area contributed by atoms with Gasteiger partial charge in [0.1, 0.15) is 28.8 Å². The number of hydrogen-bond acceptors (Lipinski definition) is 5. The molecule has 2 aliphatic rings. The summed E-state index contributed by atoms with van der Waals surface area (Å²) in [7, 11) is 3.33. The number of likely N-dealkylation sites (tertiary alicyclic amines) is 1. The van der Waals surface area contributed by atoms with Gasteiger partial charge in [-0.3, -0.25) is 9.59 Å². The van der Waals surface area contributed by atoms with Crippen molar-refractivity contribution in [3.8, 4) is 11.5 Å². The third kappa shape index (κ3) is 2.71. The van der Waals surface area contributed by atoms with Gasteiger partial charge in [0, 0.05) is 43.3 Å². The molecule has 0 aliphatic carbocycles. The van der Waals surface area contributed by atoms with Crippen molar-refractivity contribution >= 4 is 17.5 Å². The van der Waals surface area contributed by atoms with Crippen LogP contribution in [0.1, 0.15) is 34.2 Å². The number of para-hydroxylation sites is 1. The van der Waals surface area contributed by atoms with E-state index < -0.39 is 11.5 Å². The Morgan fingerprint density at radius 3 is 2.84 bits per heavy atom. The molecule has 158 valence electrons. The first-order valence-corrected chi connectivity index (χ1v) is 10.0. The highest BCUT2D eigenvalue weighted by atomic mass is 16.5. The van der Waals surface area contributed by atoms with E-state index >= 15 is 0 Å². The predicted molar refractivity (Wildman–Crippen MR) is 113 cm³/mol. The molecule has 5 rings (SSSR count). The lowest BCUT2D eigenvalue weighted by Gasteiger charge is -2.33. The molecule has 2 aliphatic heterocycles. The Balaban J connectivity index is 1.66. The molecule has 2 N–H and O–H groups in total. The quantitative estimate of drug-likeness (QED) is 0.682. The Morgan fingerprint density at radius 1 is 1.29 bits per heavy atom. The molecular weight excluding hydrogens is 396 g/mol. The van der Waals surface area contributed by atoms with Crippen molar-refractivity contribution in [2.75, 3.05) is 19.0 Å². The maximum atomic E-state index is 13.6. The number of aryl methyl sites for hydroxylation is 1. The maximum absolute atomic E-state index is 13.6. The van der Waals surface area contributed by atoms with Gasteiger partial charge in [0.05, 0.1) is 7.11 Å². The first-order chi connectivity index (χ1) is 15.0. The van der Waals surface area contributed by atoms with E-state index in [1.807, 2.05) is 35.9 Å². The zero-order valence-electron chi connectivity index (χ0n) is 17.2. The average molecular weight is 418 g/mol. The van der Waals surface area contributed by atoms with E-state index in [4.69, 9.17) is 4.74 Å². The third-order valence-corrected chi connectivity index (χ3v) is 6.32. The Hall–Kier alpha value is -3.81. The number of methoxy groups -OCH3 is 1. The van der Waals surface area contributed by atoms with Gasteiger partial charge in [0.25, 0.3) is 5.91 Å². The largest absolute Gasteiger partial charge is 0.508 e. The van der Waals surface area contributed by atoms with Gasteiger partial charge in [-0.05, 0) is 30.2 Å². The van der Waals surface area contributed by atoms with Gasteiger partial charge in [-0.2, -0.15) is 0 Å². The summed E-state index contributed by atoms with van der Waals surface area (Å²) in [5, 5.41) is 13.1. The minimum atomic E-state index is -0.938. The fourth-order valence-electron chi connectivity index (χ4n) is 4.90. The second kappa shape index (κ2) is 6.87. The van der Waals surface area contributed by atoms with Crippen LogP contribution in [0, 0.1) is 0 Å². The number of anilines is 1. The summed E-state index contributed by atoms with van der Waals surface area (Å²) < 4.78 is 7.05. The monoisotopic (exact) mass is 418 g/mol. The normalized spacial score (nSPS) is 21.9. The molecule has 2 atom stereocenters. The molecule has 3 aromatic rings. The molecule has 8 heteroatoms. The number of benzene rings is 2. The first-order valence-electron chi connectivity index (χ1n) is 10.0. The summed E-state index contributed by atoms with van der Waals surface area (Å²) in [6.45, 7) is 0.371. The summed E-state index contributed by atoms with van der Waals surface area (Å²) in [5.41, 5.74) is 0.989. The smallest absolute Gasteiger partial charge is 0.254 e. The Labute approximate surface area is 179 Å². The van der Waals surface area contributed by atoms with Crippen molar-refractivity contribution in [2.45, 2.75) is 17.9 Å². The fraction of sp³-hybridized carbons (Fsp3) is 0.261. The maximum Gasteiger partial charge on any atom is 0.254 e. The van der Waals surface area contributed by atoms with Gasteiger partial charge in [0.15, 0.2) is 0 Å². The minimum absolute atomic E-state index is 0.0610. The number of phenols is 1. The number of hydrogen-bond donors (Lipinski definition) is 2. The molecule has 0 saturated carbocycles. The lowest BCUT2D eigenvalue weighted by molar-refractivity contribution is -0.121. The van der Waals surface area contributed by atoms with E-state index in [0.29, 0.717) is 30.1 Å². The number of rotatable bonds is 3. The number of ether oxygens (including phenoxy) is 1. The van der Waals surface area contributed by atoms with Gasteiger partial charge >= 0.3 is 0 Å². The van der Waals surface area contributed by atoms with Gasteiger partial charge in [0.2, 0.25) is 5.91 Å². The molecule has 31 heavy (non-hydrogen) atoms. The number of fused-ring (bicyclic) bond motifs is 2. The molecule has 8 nitrogen and oxygen atoms in total. The molecule has 1 fully saturated rings. The second-order valence-corrected chi connectivity index (χ2v) is 7.94. The van der Waals surface area contributed by atoms with E-state index in [0.717, 1.165) is 11.3 Å². The Morgan fingerprint density at radius 2 is 2.10 bits per heavy atom. The van der Waals surface area contributed by atoms with Gasteiger partial charge in [-0.15, -0.1) is 0 Å². The zero-order chi connectivity index (χ0) is 21.8. The second-order valence-electron chi connectivity index (χ2n) is 7.94. The van der Waals surface area contributed by atoms with Crippen LogP contribution in [0.3, 0.4) is 0 Å². The highest BCUT2D eigenvalue weighted by Crippen LogP contribution is 2.54. The van der Waals surface area contributed by atoms with Crippen LogP contribution in [0.2, 0.25) is 0 Å². The summed E-state index contributed by atoms with van der Waals surface area (Å²) >= 11 is 0. The van der Waals surface area contributed by atoms with E-state index in [1.165, 1.54) is 19.2 Å². The highest BCUT2D eigenvalue weighted by molar-refractivity contribution is 6.08. The molecular formula is C23H22N4O4. The van der Waals surface area contributed by atoms with Crippen LogP contribution in [0.25, 0.3) is 0 Å². The highest BCUT2D eigenvalue weighted by Gasteiger charge is 2.60. The lowest BCUT2D eigenvalue weighted by atomic mass is 9.74. The number of carbonyl (C=O) groups excluding carboxylic acids is 2. The molecule has 1 saturated heterocycles. The van der Waals surface area contributed by atoms with Crippen LogP contribution in [0.4, 0.5) is 5.69 Å². The number of imidazole rings is 1. The van der Waals surface area contributed by atoms with E-state index in [9.17, 15) is 14.7 Å². The summed E-state index contributed by atoms with van der Waals surface area (Å²) in [6, 6.07) is 11.4. The summed E-state index contributed by atoms with van der Waals surface area (Å²) in [6.07, 6.45) is 3.94. The van der Waals surface area contributed by atoms with Gasteiger partial charge in [-0.1, -0.05) is 18.2 Å². The minimum Gasteiger partial charge on any atom is -0.508 e. The number of amides is 2. The SMILES string of the molecule is COc1cc(O)cc(C(=O)N2CC[C@]3(C(=O)Nc4ccccc43)[C@@H]2c2nccn2C)c1. The predicted octanol–water partition coefficient (Wildman–Crippen LogP) is 2.61. The fourth-order valence-corrected chi connectivity index (χ4v) is 4.90. The Kier molecular flexibility index (Phi) is 4.25. The third-order valence-electron chi connectivity index (χ3n) is 6.32. The zero-order valence-corrected chi connectivity index (χ0v) is 17.2. The Bertz CT molecular complexity index is 1200. The molecule has 0 bridgehead atoms. The first kappa shape index (κ1) is 19.2. The van der Waals surface area contributed by atoms with Crippen LogP contribution in [0.15, 0.2) is 54.9 Å². The lowest BCUT2D eigenvalue weighted by Crippen LogP contribution is -2.43. The summed E-state index contributed by atoms with van der Waals surface area (Å²) in [5.74, 6) is 0.524. The van der Waals surface area contributed by atoms with Crippen molar-refractivity contribution in [1.82, 2.24) is 14.5 Å². The molecule has 1 spiro atoms. The van der Waals surface area contributed by atoms with Gasteiger partial charge in [-0.25, -0.2) is 4.98 Å². The van der Waals surface area contributed by atoms with Crippen LogP contribution >= 0.6 is 0 Å². The number of aromatic hydroxyl groups is 1. The van der Waals surface area contributed by atoms with Crippen molar-refractivity contribution in [2.24, 2.45) is 7.05 Å². The summed E-state index contributed by atoms with van der Waals surface area (Å²) in [4.78, 5) is 33.2.